The second kappa shape index (κ2) is 7.34. The molecular weight excluding hydrogens is 282 g/mol. The Hall–Kier alpha value is -1.48. The molecule has 8 nitrogen and oxygen atoms in total. The molecule has 20 heavy (non-hydrogen) atoms. The maximum absolute atomic E-state index is 12.0. The molecule has 0 bridgehead atoms. The molecule has 0 fully saturated rings. The van der Waals surface area contributed by atoms with Gasteiger partial charge in [-0.1, -0.05) is 13.8 Å². The van der Waals surface area contributed by atoms with Gasteiger partial charge in [-0.25, -0.2) is 18.1 Å². The maximum Gasteiger partial charge on any atom is 0.238 e. The van der Waals surface area contributed by atoms with Gasteiger partial charge in [-0.05, 0) is 12.3 Å². The van der Waals surface area contributed by atoms with Crippen LogP contribution in [0, 0.1) is 5.92 Å². The smallest absolute Gasteiger partial charge is 0.238 e. The fourth-order valence-corrected chi connectivity index (χ4v) is 2.44. The first-order valence-electron chi connectivity index (χ1n) is 6.37. The summed E-state index contributed by atoms with van der Waals surface area (Å²) in [6, 6.07) is -0.750. The van der Waals surface area contributed by atoms with E-state index >= 15 is 0 Å². The highest BCUT2D eigenvalue weighted by atomic mass is 32.2. The largest absolute Gasteiger partial charge is 0.354 e. The molecule has 1 rings (SSSR count). The Bertz CT molecular complexity index is 512. The van der Waals surface area contributed by atoms with E-state index in [9.17, 15) is 13.2 Å². The van der Waals surface area contributed by atoms with Crippen molar-refractivity contribution in [2.45, 2.75) is 32.7 Å². The second-order valence-corrected chi connectivity index (χ2v) is 6.83. The lowest BCUT2D eigenvalue weighted by Crippen LogP contribution is -2.47. The van der Waals surface area contributed by atoms with E-state index < -0.39 is 16.1 Å². The third-order valence-corrected chi connectivity index (χ3v) is 3.22. The number of H-pyrrole nitrogens is 1. The van der Waals surface area contributed by atoms with Crippen molar-refractivity contribution in [3.05, 3.63) is 12.2 Å². The summed E-state index contributed by atoms with van der Waals surface area (Å²) in [7, 11) is -3.42. The van der Waals surface area contributed by atoms with Gasteiger partial charge in [-0.2, -0.15) is 5.10 Å². The predicted octanol–water partition coefficient (Wildman–Crippen LogP) is -0.573. The Labute approximate surface area is 118 Å². The fraction of sp³-hybridized carbons (Fsp3) is 0.727. The van der Waals surface area contributed by atoms with Crippen LogP contribution in [0.4, 0.5) is 0 Å². The zero-order valence-corrected chi connectivity index (χ0v) is 12.7. The molecular formula is C11H21N5O3S. The van der Waals surface area contributed by atoms with E-state index in [2.05, 4.69) is 25.2 Å². The minimum atomic E-state index is -3.42. The lowest BCUT2D eigenvalue weighted by atomic mass is 10.0. The number of aromatic nitrogens is 3. The molecule has 0 aromatic carbocycles. The molecule has 0 aliphatic carbocycles. The van der Waals surface area contributed by atoms with Gasteiger partial charge in [0.15, 0.2) is 0 Å². The molecule has 1 atom stereocenters. The van der Waals surface area contributed by atoms with Crippen LogP contribution in [-0.2, 0) is 21.2 Å². The first-order chi connectivity index (χ1) is 9.28. The fourth-order valence-electron chi connectivity index (χ4n) is 1.72. The van der Waals surface area contributed by atoms with Crippen molar-refractivity contribution in [1.82, 2.24) is 25.2 Å². The van der Waals surface area contributed by atoms with Crippen LogP contribution in [0.5, 0.6) is 0 Å². The van der Waals surface area contributed by atoms with Crippen LogP contribution in [0.1, 0.15) is 26.1 Å². The molecule has 0 saturated carbocycles. The van der Waals surface area contributed by atoms with E-state index in [1.165, 1.54) is 6.33 Å². The topological polar surface area (TPSA) is 117 Å². The van der Waals surface area contributed by atoms with Crippen molar-refractivity contribution in [3.63, 3.8) is 0 Å². The summed E-state index contributed by atoms with van der Waals surface area (Å²) in [6.45, 7) is 4.23. The Balaban J connectivity index is 2.49. The molecule has 0 aliphatic rings. The summed E-state index contributed by atoms with van der Waals surface area (Å²) in [4.78, 5) is 15.9. The van der Waals surface area contributed by atoms with Crippen molar-refractivity contribution in [2.24, 2.45) is 5.92 Å². The van der Waals surface area contributed by atoms with E-state index in [1.54, 1.807) is 0 Å². The van der Waals surface area contributed by atoms with Crippen LogP contribution in [0.25, 0.3) is 0 Å². The highest BCUT2D eigenvalue weighted by Crippen LogP contribution is 2.06. The number of carbonyl (C=O) groups is 1. The third-order valence-electron chi connectivity index (χ3n) is 2.51. The number of rotatable bonds is 8. The normalized spacial score (nSPS) is 13.4. The number of hydrogen-bond acceptors (Lipinski definition) is 5. The van der Waals surface area contributed by atoms with Gasteiger partial charge in [-0.15, -0.1) is 0 Å². The van der Waals surface area contributed by atoms with Gasteiger partial charge in [0.05, 0.1) is 6.26 Å². The molecule has 1 heterocycles. The van der Waals surface area contributed by atoms with E-state index in [1.807, 2.05) is 13.8 Å². The highest BCUT2D eigenvalue weighted by Gasteiger charge is 2.22. The minimum Gasteiger partial charge on any atom is -0.354 e. The van der Waals surface area contributed by atoms with E-state index in [-0.39, 0.29) is 11.8 Å². The zero-order chi connectivity index (χ0) is 15.2. The van der Waals surface area contributed by atoms with Gasteiger partial charge >= 0.3 is 0 Å². The average molecular weight is 303 g/mol. The molecule has 0 saturated heterocycles. The van der Waals surface area contributed by atoms with Gasteiger partial charge in [0, 0.05) is 13.0 Å². The summed E-state index contributed by atoms with van der Waals surface area (Å²) in [6.07, 6.45) is 3.40. The Morgan fingerprint density at radius 1 is 1.45 bits per heavy atom. The van der Waals surface area contributed by atoms with Crippen molar-refractivity contribution in [1.29, 1.82) is 0 Å². The minimum absolute atomic E-state index is 0.203. The summed E-state index contributed by atoms with van der Waals surface area (Å²) in [5.41, 5.74) is 0. The van der Waals surface area contributed by atoms with Crippen LogP contribution < -0.4 is 10.0 Å². The molecule has 114 valence electrons. The molecule has 0 spiro atoms. The first-order valence-corrected chi connectivity index (χ1v) is 8.26. The van der Waals surface area contributed by atoms with Crippen molar-refractivity contribution in [3.8, 4) is 0 Å². The van der Waals surface area contributed by atoms with Crippen LogP contribution in [0.15, 0.2) is 6.33 Å². The van der Waals surface area contributed by atoms with Gasteiger partial charge in [0.25, 0.3) is 0 Å². The second-order valence-electron chi connectivity index (χ2n) is 5.05. The van der Waals surface area contributed by atoms with Crippen LogP contribution in [-0.4, -0.2) is 48.3 Å². The molecule has 9 heteroatoms. The zero-order valence-electron chi connectivity index (χ0n) is 11.9. The standard InChI is InChI=1S/C11H21N5O3S/c1-8(2)6-9(16-20(3,18)19)11(17)12-5-4-10-13-7-14-15-10/h7-9,16H,4-6H2,1-3H3,(H,12,17)(H,13,14,15). The molecule has 0 aliphatic heterocycles. The van der Waals surface area contributed by atoms with E-state index in [4.69, 9.17) is 0 Å². The SMILES string of the molecule is CC(C)CC(NS(C)(=O)=O)C(=O)NCCc1ncn[nH]1. The summed E-state index contributed by atoms with van der Waals surface area (Å²) >= 11 is 0. The number of hydrogen-bond donors (Lipinski definition) is 3. The molecule has 0 radical (unpaired) electrons. The van der Waals surface area contributed by atoms with Gasteiger partial charge < -0.3 is 5.32 Å². The van der Waals surface area contributed by atoms with Crippen molar-refractivity contribution in [2.75, 3.05) is 12.8 Å². The average Bonchev–Trinajstić information content (AvgIpc) is 2.78. The number of amides is 1. The van der Waals surface area contributed by atoms with Crippen molar-refractivity contribution < 1.29 is 13.2 Å². The number of aromatic amines is 1. The third kappa shape index (κ3) is 6.62. The molecule has 1 unspecified atom stereocenters. The van der Waals surface area contributed by atoms with Gasteiger partial charge in [-0.3, -0.25) is 9.89 Å². The predicted molar refractivity (Wildman–Crippen MR) is 74.3 cm³/mol. The number of carbonyl (C=O) groups excluding carboxylic acids is 1. The molecule has 1 aromatic rings. The Morgan fingerprint density at radius 3 is 2.65 bits per heavy atom. The number of sulfonamides is 1. The highest BCUT2D eigenvalue weighted by molar-refractivity contribution is 7.88. The molecule has 3 N–H and O–H groups in total. The summed E-state index contributed by atoms with van der Waals surface area (Å²) in [5.74, 6) is 0.541. The first kappa shape index (κ1) is 16.6. The summed E-state index contributed by atoms with van der Waals surface area (Å²) in [5, 5.41) is 9.08. The van der Waals surface area contributed by atoms with Crippen LogP contribution in [0.3, 0.4) is 0 Å². The van der Waals surface area contributed by atoms with Crippen LogP contribution >= 0.6 is 0 Å². The number of nitrogens with one attached hydrogen (secondary N) is 3. The Kier molecular flexibility index (Phi) is 6.08. The monoisotopic (exact) mass is 303 g/mol. The van der Waals surface area contributed by atoms with Gasteiger partial charge in [0.2, 0.25) is 15.9 Å². The summed E-state index contributed by atoms with van der Waals surface area (Å²) < 4.78 is 24.9. The Morgan fingerprint density at radius 2 is 2.15 bits per heavy atom. The van der Waals surface area contributed by atoms with Crippen molar-refractivity contribution >= 4 is 15.9 Å². The van der Waals surface area contributed by atoms with Gasteiger partial charge in [0.1, 0.15) is 18.2 Å². The lowest BCUT2D eigenvalue weighted by Gasteiger charge is -2.18. The number of nitrogens with zero attached hydrogens (tertiary/aromatic N) is 2. The van der Waals surface area contributed by atoms with E-state index in [0.29, 0.717) is 25.2 Å². The maximum atomic E-state index is 12.0. The molecule has 1 aromatic heterocycles. The van der Waals surface area contributed by atoms with E-state index in [0.717, 1.165) is 6.26 Å². The van der Waals surface area contributed by atoms with Crippen LogP contribution in [0.2, 0.25) is 0 Å². The quantitative estimate of drug-likeness (QED) is 0.594. The molecule has 1 amide bonds. The lowest BCUT2D eigenvalue weighted by molar-refractivity contribution is -0.123.